The van der Waals surface area contributed by atoms with Gasteiger partial charge in [-0.3, -0.25) is 9.59 Å². The number of carbonyl (C=O) groups is 2. The number of amides is 1. The molecule has 1 aliphatic heterocycles. The molecular weight excluding hydrogens is 432 g/mol. The van der Waals surface area contributed by atoms with E-state index in [1.807, 2.05) is 55.5 Å². The maximum atomic E-state index is 13.2. The number of aromatic nitrogens is 2. The highest BCUT2D eigenvalue weighted by Gasteiger charge is 2.31. The minimum absolute atomic E-state index is 0.217. The van der Waals surface area contributed by atoms with E-state index in [0.29, 0.717) is 44.3 Å². The Labute approximate surface area is 199 Å². The molecular formula is C26H28N4O4. The highest BCUT2D eigenvalue weighted by atomic mass is 16.5. The molecule has 1 fully saturated rings. The van der Waals surface area contributed by atoms with Crippen LogP contribution in [-0.4, -0.2) is 59.5 Å². The summed E-state index contributed by atoms with van der Waals surface area (Å²) in [6.45, 7) is 6.03. The Morgan fingerprint density at radius 3 is 2.32 bits per heavy atom. The first kappa shape index (κ1) is 23.2. The smallest absolute Gasteiger partial charge is 0.303 e. The molecule has 4 rings (SSSR count). The zero-order valence-corrected chi connectivity index (χ0v) is 19.4. The Morgan fingerprint density at radius 1 is 0.971 bits per heavy atom. The Hall–Kier alpha value is -3.94. The van der Waals surface area contributed by atoms with Crippen LogP contribution in [0.5, 0.6) is 5.75 Å². The van der Waals surface area contributed by atoms with E-state index in [4.69, 9.17) is 14.5 Å². The summed E-state index contributed by atoms with van der Waals surface area (Å²) in [6.07, 6.45) is 0.808. The highest BCUT2D eigenvalue weighted by molar-refractivity contribution is 5.85. The molecule has 176 valence electrons. The van der Waals surface area contributed by atoms with Crippen LogP contribution in [0.25, 0.3) is 11.3 Å². The number of rotatable bonds is 7. The molecule has 0 saturated carbocycles. The predicted octanol–water partition coefficient (Wildman–Crippen LogP) is 3.50. The first-order valence-corrected chi connectivity index (χ1v) is 11.4. The van der Waals surface area contributed by atoms with E-state index in [0.717, 1.165) is 17.0 Å². The highest BCUT2D eigenvalue weighted by Crippen LogP contribution is 2.24. The van der Waals surface area contributed by atoms with E-state index in [2.05, 4.69) is 9.88 Å². The first-order valence-electron chi connectivity index (χ1n) is 11.4. The Kier molecular flexibility index (Phi) is 7.37. The van der Waals surface area contributed by atoms with Gasteiger partial charge >= 0.3 is 5.97 Å². The van der Waals surface area contributed by atoms with Gasteiger partial charge in [-0.15, -0.1) is 0 Å². The van der Waals surface area contributed by atoms with Gasteiger partial charge in [0.2, 0.25) is 12.1 Å². The molecule has 2 heterocycles. The third-order valence-corrected chi connectivity index (χ3v) is 5.59. The van der Waals surface area contributed by atoms with Crippen molar-refractivity contribution in [3.8, 4) is 17.0 Å². The molecule has 3 aromatic rings. The molecule has 0 radical (unpaired) electrons. The average molecular weight is 461 g/mol. The third kappa shape index (κ3) is 5.51. The normalized spacial score (nSPS) is 14.4. The Balaban J connectivity index is 1.42. The number of nitrogens with zero attached hydrogens (tertiary/aromatic N) is 4. The molecule has 8 nitrogen and oxygen atoms in total. The number of piperazine rings is 1. The van der Waals surface area contributed by atoms with Gasteiger partial charge < -0.3 is 19.3 Å². The average Bonchev–Trinajstić information content (AvgIpc) is 2.88. The Morgan fingerprint density at radius 2 is 1.68 bits per heavy atom. The lowest BCUT2D eigenvalue weighted by Crippen LogP contribution is -2.50. The minimum Gasteiger partial charge on any atom is -0.494 e. The summed E-state index contributed by atoms with van der Waals surface area (Å²) in [4.78, 5) is 37.8. The SMILES string of the molecule is CCOc1ccc(-c2ccnc(N3CCN(C(=O)[C@H](OC(C)=O)c4ccccc4)CC3)n2)cc1. The van der Waals surface area contributed by atoms with Crippen LogP contribution >= 0.6 is 0 Å². The van der Waals surface area contributed by atoms with Crippen molar-refractivity contribution in [3.05, 3.63) is 72.4 Å². The predicted molar refractivity (Wildman–Crippen MR) is 128 cm³/mol. The van der Waals surface area contributed by atoms with E-state index >= 15 is 0 Å². The van der Waals surface area contributed by atoms with Crippen LogP contribution in [0.4, 0.5) is 5.95 Å². The maximum Gasteiger partial charge on any atom is 0.303 e. The number of benzene rings is 2. The summed E-state index contributed by atoms with van der Waals surface area (Å²) in [5.74, 6) is 0.743. The fourth-order valence-corrected chi connectivity index (χ4v) is 3.90. The maximum absolute atomic E-state index is 13.2. The van der Waals surface area contributed by atoms with Gasteiger partial charge in [0.15, 0.2) is 0 Å². The third-order valence-electron chi connectivity index (χ3n) is 5.59. The van der Waals surface area contributed by atoms with Gasteiger partial charge in [-0.25, -0.2) is 9.97 Å². The summed E-state index contributed by atoms with van der Waals surface area (Å²) in [7, 11) is 0. The van der Waals surface area contributed by atoms with Gasteiger partial charge in [0.1, 0.15) is 5.75 Å². The van der Waals surface area contributed by atoms with Crippen molar-refractivity contribution in [1.82, 2.24) is 14.9 Å². The molecule has 1 aliphatic rings. The molecule has 1 amide bonds. The number of hydrogen-bond donors (Lipinski definition) is 0. The lowest BCUT2D eigenvalue weighted by atomic mass is 10.1. The van der Waals surface area contributed by atoms with E-state index < -0.39 is 12.1 Å². The molecule has 0 spiro atoms. The van der Waals surface area contributed by atoms with Gasteiger partial charge in [-0.1, -0.05) is 30.3 Å². The van der Waals surface area contributed by atoms with Crippen LogP contribution in [-0.2, 0) is 14.3 Å². The summed E-state index contributed by atoms with van der Waals surface area (Å²) in [6, 6.07) is 18.8. The van der Waals surface area contributed by atoms with Gasteiger partial charge in [0.05, 0.1) is 12.3 Å². The number of esters is 1. The van der Waals surface area contributed by atoms with Crippen molar-refractivity contribution >= 4 is 17.8 Å². The van der Waals surface area contributed by atoms with Crippen molar-refractivity contribution in [3.63, 3.8) is 0 Å². The fraction of sp³-hybridized carbons (Fsp3) is 0.308. The standard InChI is InChI=1S/C26H28N4O4/c1-3-33-22-11-9-20(10-12-22)23-13-14-27-26(28-23)30-17-15-29(16-18-30)25(32)24(34-19(2)31)21-7-5-4-6-8-21/h4-14,24H,3,15-18H2,1-2H3/t24-/m1/s1. The molecule has 1 aromatic heterocycles. The van der Waals surface area contributed by atoms with Crippen molar-refractivity contribution in [1.29, 1.82) is 0 Å². The van der Waals surface area contributed by atoms with Crippen molar-refractivity contribution in [2.75, 3.05) is 37.7 Å². The van der Waals surface area contributed by atoms with Crippen LogP contribution in [0.3, 0.4) is 0 Å². The second-order valence-electron chi connectivity index (χ2n) is 7.91. The number of ether oxygens (including phenoxy) is 2. The molecule has 0 unspecified atom stereocenters. The molecule has 34 heavy (non-hydrogen) atoms. The first-order chi connectivity index (χ1) is 16.5. The lowest BCUT2D eigenvalue weighted by molar-refractivity contribution is -0.159. The molecule has 1 saturated heterocycles. The largest absolute Gasteiger partial charge is 0.494 e. The van der Waals surface area contributed by atoms with Crippen LogP contribution in [0.1, 0.15) is 25.5 Å². The van der Waals surface area contributed by atoms with Gasteiger partial charge in [0, 0.05) is 50.4 Å². The quantitative estimate of drug-likeness (QED) is 0.499. The second kappa shape index (κ2) is 10.8. The van der Waals surface area contributed by atoms with Crippen molar-refractivity contribution < 1.29 is 19.1 Å². The molecule has 2 aromatic carbocycles. The summed E-state index contributed by atoms with van der Waals surface area (Å²) < 4.78 is 10.9. The van der Waals surface area contributed by atoms with Crippen molar-refractivity contribution in [2.45, 2.75) is 20.0 Å². The summed E-state index contributed by atoms with van der Waals surface area (Å²) in [5.41, 5.74) is 2.47. The van der Waals surface area contributed by atoms with Gasteiger partial charge in [0.25, 0.3) is 5.91 Å². The molecule has 0 N–H and O–H groups in total. The molecule has 0 aliphatic carbocycles. The summed E-state index contributed by atoms with van der Waals surface area (Å²) in [5, 5.41) is 0. The van der Waals surface area contributed by atoms with Crippen LogP contribution < -0.4 is 9.64 Å². The monoisotopic (exact) mass is 460 g/mol. The fourth-order valence-electron chi connectivity index (χ4n) is 3.90. The number of hydrogen-bond acceptors (Lipinski definition) is 7. The van der Waals surface area contributed by atoms with E-state index in [1.54, 1.807) is 23.2 Å². The van der Waals surface area contributed by atoms with E-state index in [9.17, 15) is 9.59 Å². The molecule has 1 atom stereocenters. The van der Waals surface area contributed by atoms with E-state index in [1.165, 1.54) is 6.92 Å². The second-order valence-corrected chi connectivity index (χ2v) is 7.91. The topological polar surface area (TPSA) is 84.9 Å². The molecule has 8 heteroatoms. The zero-order valence-electron chi connectivity index (χ0n) is 19.4. The number of carbonyl (C=O) groups excluding carboxylic acids is 2. The van der Waals surface area contributed by atoms with Crippen LogP contribution in [0.2, 0.25) is 0 Å². The number of anilines is 1. The lowest BCUT2D eigenvalue weighted by Gasteiger charge is -2.36. The van der Waals surface area contributed by atoms with Gasteiger partial charge in [-0.2, -0.15) is 0 Å². The Bertz CT molecular complexity index is 1110. The minimum atomic E-state index is -0.940. The van der Waals surface area contributed by atoms with Gasteiger partial charge in [-0.05, 0) is 37.3 Å². The van der Waals surface area contributed by atoms with E-state index in [-0.39, 0.29) is 5.91 Å². The van der Waals surface area contributed by atoms with Crippen LogP contribution in [0, 0.1) is 0 Å². The van der Waals surface area contributed by atoms with Crippen LogP contribution in [0.15, 0.2) is 66.9 Å². The molecule has 0 bridgehead atoms. The zero-order chi connectivity index (χ0) is 23.9. The summed E-state index contributed by atoms with van der Waals surface area (Å²) >= 11 is 0. The van der Waals surface area contributed by atoms with Crippen molar-refractivity contribution in [2.24, 2.45) is 0 Å².